The van der Waals surface area contributed by atoms with Crippen molar-refractivity contribution in [2.24, 2.45) is 0 Å². The van der Waals surface area contributed by atoms with E-state index < -0.39 is 0 Å². The molecule has 0 aliphatic heterocycles. The molecule has 0 saturated heterocycles. The van der Waals surface area contributed by atoms with E-state index in [2.05, 4.69) is 6.07 Å². The zero-order valence-corrected chi connectivity index (χ0v) is 15.5. The molecule has 26 heavy (non-hydrogen) atoms. The van der Waals surface area contributed by atoms with Crippen molar-refractivity contribution in [3.63, 3.8) is 0 Å². The van der Waals surface area contributed by atoms with E-state index in [1.807, 2.05) is 0 Å². The summed E-state index contributed by atoms with van der Waals surface area (Å²) in [4.78, 5) is 0. The van der Waals surface area contributed by atoms with Gasteiger partial charge in [-0.1, -0.05) is 0 Å². The lowest BCUT2D eigenvalue weighted by molar-refractivity contribution is 0.324. The van der Waals surface area contributed by atoms with Gasteiger partial charge in [-0.3, -0.25) is 0 Å². The van der Waals surface area contributed by atoms with Crippen LogP contribution in [0, 0.1) is 11.3 Å². The van der Waals surface area contributed by atoms with Crippen molar-refractivity contribution in [3.05, 3.63) is 41.5 Å². The molecule has 0 saturated carbocycles. The van der Waals surface area contributed by atoms with Gasteiger partial charge < -0.3 is 23.7 Å². The first-order valence-corrected chi connectivity index (χ1v) is 7.75. The monoisotopic (exact) mass is 355 g/mol. The summed E-state index contributed by atoms with van der Waals surface area (Å²) in [6, 6.07) is 11.1. The Hall–Kier alpha value is -3.33. The number of hydrogen-bond acceptors (Lipinski definition) is 6. The van der Waals surface area contributed by atoms with Gasteiger partial charge in [0.05, 0.1) is 47.2 Å². The zero-order chi connectivity index (χ0) is 19.1. The van der Waals surface area contributed by atoms with Crippen LogP contribution in [-0.4, -0.2) is 35.5 Å². The van der Waals surface area contributed by atoms with E-state index in [-0.39, 0.29) is 0 Å². The lowest BCUT2D eigenvalue weighted by atomic mass is 10.0. The predicted octanol–water partition coefficient (Wildman–Crippen LogP) is 3.79. The third-order valence-corrected chi connectivity index (χ3v) is 3.78. The van der Waals surface area contributed by atoms with E-state index in [0.717, 1.165) is 5.56 Å². The largest absolute Gasteiger partial charge is 0.497 e. The number of ether oxygens (including phenoxy) is 5. The first kappa shape index (κ1) is 19.0. The Bertz CT molecular complexity index is 805. The Morgan fingerprint density at radius 3 is 1.69 bits per heavy atom. The smallest absolute Gasteiger partial charge is 0.203 e. The van der Waals surface area contributed by atoms with E-state index in [4.69, 9.17) is 23.7 Å². The Morgan fingerprint density at radius 1 is 0.769 bits per heavy atom. The molecule has 0 aliphatic carbocycles. The summed E-state index contributed by atoms with van der Waals surface area (Å²) in [6.07, 6.45) is 1.73. The van der Waals surface area contributed by atoms with Gasteiger partial charge >= 0.3 is 0 Å². The number of allylic oxidation sites excluding steroid dienone is 1. The molecule has 136 valence electrons. The van der Waals surface area contributed by atoms with Gasteiger partial charge in [-0.15, -0.1) is 0 Å². The van der Waals surface area contributed by atoms with Gasteiger partial charge in [0.2, 0.25) is 5.75 Å². The van der Waals surface area contributed by atoms with Crippen molar-refractivity contribution in [3.8, 4) is 34.8 Å². The van der Waals surface area contributed by atoms with Gasteiger partial charge in [-0.25, -0.2) is 0 Å². The standard InChI is InChI=1S/C20H21NO5/c1-22-16-9-14(10-17(11-16)23-2)15(12-21)6-13-7-18(24-3)20(26-5)19(8-13)25-4/h6-11H,1-5H3/b15-6+. The van der Waals surface area contributed by atoms with Crippen LogP contribution < -0.4 is 23.7 Å². The first-order valence-electron chi connectivity index (χ1n) is 7.75. The van der Waals surface area contributed by atoms with Gasteiger partial charge in [0.15, 0.2) is 11.5 Å². The fraction of sp³-hybridized carbons (Fsp3) is 0.250. The summed E-state index contributed by atoms with van der Waals surface area (Å²) in [7, 11) is 7.76. The maximum Gasteiger partial charge on any atom is 0.203 e. The SMILES string of the molecule is COc1cc(OC)cc(/C(C#N)=C/c2cc(OC)c(OC)c(OC)c2)c1. The molecular weight excluding hydrogens is 334 g/mol. The van der Waals surface area contributed by atoms with Crippen molar-refractivity contribution in [1.82, 2.24) is 0 Å². The van der Waals surface area contributed by atoms with E-state index in [1.54, 1.807) is 72.0 Å². The molecule has 0 aliphatic rings. The van der Waals surface area contributed by atoms with Crippen LogP contribution >= 0.6 is 0 Å². The molecule has 0 bridgehead atoms. The summed E-state index contributed by atoms with van der Waals surface area (Å²) in [5.74, 6) is 2.72. The number of methoxy groups -OCH3 is 5. The van der Waals surface area contributed by atoms with Crippen molar-refractivity contribution >= 4 is 11.6 Å². The average molecular weight is 355 g/mol. The summed E-state index contributed by atoms with van der Waals surface area (Å²) >= 11 is 0. The molecule has 2 aromatic carbocycles. The van der Waals surface area contributed by atoms with Crippen molar-refractivity contribution in [1.29, 1.82) is 5.26 Å². The van der Waals surface area contributed by atoms with Gasteiger partial charge in [0.1, 0.15) is 11.5 Å². The van der Waals surface area contributed by atoms with E-state index in [0.29, 0.717) is 39.9 Å². The van der Waals surface area contributed by atoms with Crippen LogP contribution in [0.15, 0.2) is 30.3 Å². The number of benzene rings is 2. The lowest BCUT2D eigenvalue weighted by Crippen LogP contribution is -1.96. The normalized spacial score (nSPS) is 10.7. The quantitative estimate of drug-likeness (QED) is 0.556. The highest BCUT2D eigenvalue weighted by atomic mass is 16.5. The Labute approximate surface area is 153 Å². The number of hydrogen-bond donors (Lipinski definition) is 0. The lowest BCUT2D eigenvalue weighted by Gasteiger charge is -2.13. The van der Waals surface area contributed by atoms with Gasteiger partial charge in [-0.2, -0.15) is 5.26 Å². The highest BCUT2D eigenvalue weighted by molar-refractivity contribution is 5.91. The van der Waals surface area contributed by atoms with E-state index in [9.17, 15) is 5.26 Å². The Morgan fingerprint density at radius 2 is 1.31 bits per heavy atom. The molecule has 2 rings (SSSR count). The molecule has 0 fully saturated rings. The summed E-state index contributed by atoms with van der Waals surface area (Å²) in [5.41, 5.74) is 1.85. The minimum Gasteiger partial charge on any atom is -0.497 e. The molecule has 0 heterocycles. The van der Waals surface area contributed by atoms with Crippen LogP contribution in [0.25, 0.3) is 11.6 Å². The van der Waals surface area contributed by atoms with Crippen molar-refractivity contribution in [2.45, 2.75) is 0 Å². The Balaban J connectivity index is 2.58. The first-order chi connectivity index (χ1) is 12.6. The maximum absolute atomic E-state index is 9.63. The van der Waals surface area contributed by atoms with Crippen LogP contribution in [0.2, 0.25) is 0 Å². The third kappa shape index (κ3) is 4.01. The van der Waals surface area contributed by atoms with Crippen molar-refractivity contribution < 1.29 is 23.7 Å². The fourth-order valence-corrected chi connectivity index (χ4v) is 2.49. The average Bonchev–Trinajstić information content (AvgIpc) is 2.70. The minimum atomic E-state index is 0.441. The molecule has 0 aromatic heterocycles. The second kappa shape index (κ2) is 8.67. The molecule has 6 nitrogen and oxygen atoms in total. The molecule has 0 amide bonds. The zero-order valence-electron chi connectivity index (χ0n) is 15.5. The molecule has 0 radical (unpaired) electrons. The fourth-order valence-electron chi connectivity index (χ4n) is 2.49. The maximum atomic E-state index is 9.63. The summed E-state index contributed by atoms with van der Waals surface area (Å²) in [5, 5.41) is 9.63. The second-order valence-electron chi connectivity index (χ2n) is 5.23. The molecular formula is C20H21NO5. The van der Waals surface area contributed by atoms with Crippen LogP contribution in [0.1, 0.15) is 11.1 Å². The molecule has 0 spiro atoms. The molecule has 0 N–H and O–H groups in total. The number of nitrogens with zero attached hydrogens (tertiary/aromatic N) is 1. The van der Waals surface area contributed by atoms with Crippen LogP contribution in [0.4, 0.5) is 0 Å². The van der Waals surface area contributed by atoms with Gasteiger partial charge in [0.25, 0.3) is 0 Å². The van der Waals surface area contributed by atoms with Crippen LogP contribution in [0.3, 0.4) is 0 Å². The van der Waals surface area contributed by atoms with Crippen LogP contribution in [-0.2, 0) is 0 Å². The number of rotatable bonds is 7. The molecule has 0 unspecified atom stereocenters. The Kier molecular flexibility index (Phi) is 6.34. The second-order valence-corrected chi connectivity index (χ2v) is 5.23. The van der Waals surface area contributed by atoms with Crippen LogP contribution in [0.5, 0.6) is 28.7 Å². The topological polar surface area (TPSA) is 69.9 Å². The van der Waals surface area contributed by atoms with E-state index in [1.165, 1.54) is 0 Å². The highest BCUT2D eigenvalue weighted by Crippen LogP contribution is 2.39. The van der Waals surface area contributed by atoms with Gasteiger partial charge in [-0.05, 0) is 41.5 Å². The highest BCUT2D eigenvalue weighted by Gasteiger charge is 2.13. The van der Waals surface area contributed by atoms with Crippen molar-refractivity contribution in [2.75, 3.05) is 35.5 Å². The number of nitriles is 1. The third-order valence-electron chi connectivity index (χ3n) is 3.78. The molecule has 6 heteroatoms. The minimum absolute atomic E-state index is 0.441. The molecule has 2 aromatic rings. The summed E-state index contributed by atoms with van der Waals surface area (Å²) in [6.45, 7) is 0. The predicted molar refractivity (Wildman–Crippen MR) is 99.1 cm³/mol. The van der Waals surface area contributed by atoms with E-state index >= 15 is 0 Å². The molecule has 0 atom stereocenters. The summed E-state index contributed by atoms with van der Waals surface area (Å²) < 4.78 is 26.6. The van der Waals surface area contributed by atoms with Gasteiger partial charge in [0, 0.05) is 6.07 Å².